The van der Waals surface area contributed by atoms with Crippen molar-refractivity contribution in [1.82, 2.24) is 15.3 Å². The van der Waals surface area contributed by atoms with Gasteiger partial charge in [0.05, 0.1) is 11.9 Å². The summed E-state index contributed by atoms with van der Waals surface area (Å²) in [6.45, 7) is -0.0729. The Morgan fingerprint density at radius 2 is 1.89 bits per heavy atom. The van der Waals surface area contributed by atoms with Crippen LogP contribution in [0.1, 0.15) is 40.0 Å². The van der Waals surface area contributed by atoms with E-state index >= 15 is 0 Å². The summed E-state index contributed by atoms with van der Waals surface area (Å²) < 4.78 is 0. The number of rotatable bonds is 4. The first-order chi connectivity index (χ1) is 17.9. The number of Topliss-reactive ketones (excluding diaryl/α,β-unsaturated/α-hetero) is 2. The number of nitrogens with zero attached hydrogens (tertiary/aromatic N) is 1. The van der Waals surface area contributed by atoms with Gasteiger partial charge in [0, 0.05) is 30.5 Å². The average molecular weight is 522 g/mol. The highest BCUT2D eigenvalue weighted by Crippen LogP contribution is 2.52. The van der Waals surface area contributed by atoms with Crippen LogP contribution in [-0.2, 0) is 27.3 Å². The Morgan fingerprint density at radius 3 is 2.58 bits per heavy atom. The third-order valence-corrected chi connectivity index (χ3v) is 7.39. The Morgan fingerprint density at radius 1 is 1.16 bits per heavy atom. The number of fused-ring (bicyclic) bond motifs is 3. The van der Waals surface area contributed by atoms with Crippen LogP contribution in [0.2, 0.25) is 0 Å². The molecule has 0 radical (unpaired) electrons. The predicted molar refractivity (Wildman–Crippen MR) is 127 cm³/mol. The van der Waals surface area contributed by atoms with Crippen LogP contribution in [0.5, 0.6) is 5.75 Å². The zero-order valence-electron chi connectivity index (χ0n) is 19.6. The molecule has 13 nitrogen and oxygen atoms in total. The first-order valence-corrected chi connectivity index (χ1v) is 11.6. The number of H-pyrrole nitrogens is 1. The van der Waals surface area contributed by atoms with E-state index in [1.54, 1.807) is 0 Å². The van der Waals surface area contributed by atoms with Crippen molar-refractivity contribution in [2.75, 3.05) is 0 Å². The van der Waals surface area contributed by atoms with Gasteiger partial charge in [0.25, 0.3) is 17.4 Å². The number of aromatic hydroxyl groups is 1. The minimum Gasteiger partial charge on any atom is -0.508 e. The second-order valence-corrected chi connectivity index (χ2v) is 9.48. The van der Waals surface area contributed by atoms with Gasteiger partial charge in [0.15, 0.2) is 11.4 Å². The fraction of sp³-hybridized carbons (Fsp3) is 0.280. The molecule has 1 heterocycles. The molecule has 196 valence electrons. The van der Waals surface area contributed by atoms with Gasteiger partial charge in [-0.25, -0.2) is 4.98 Å². The maximum Gasteiger partial charge on any atom is 0.270 e. The lowest BCUT2D eigenvalue weighted by atomic mass is 9.59. The standard InChI is InChI=1S/C25H22N4O9/c26-23(36)19-15(31)5-11-3-10-4-12-9(7-27-24(37)13-6-16(32)29-8-28-13)1-2-14(30)18(12)20(33)17(10)21(34)25(11,38)22(19)35/h1-2,6,8,10-11,30,33,35,38H,3-5,7H2,(H2,26,36)(H,27,37)(H,28,29,32). The summed E-state index contributed by atoms with van der Waals surface area (Å²) in [4.78, 5) is 67.7. The number of phenolic OH excluding ortho intramolecular Hbond substituents is 1. The number of hydrogen-bond donors (Lipinski definition) is 7. The molecule has 1 fully saturated rings. The first kappa shape index (κ1) is 24.9. The number of aromatic amines is 1. The van der Waals surface area contributed by atoms with E-state index < -0.39 is 69.9 Å². The number of nitrogens with two attached hydrogens (primary N) is 1. The van der Waals surface area contributed by atoms with Crippen LogP contribution >= 0.6 is 0 Å². The van der Waals surface area contributed by atoms with E-state index in [1.807, 2.05) is 0 Å². The molecule has 3 aliphatic carbocycles. The van der Waals surface area contributed by atoms with Gasteiger partial charge in [-0.1, -0.05) is 6.07 Å². The largest absolute Gasteiger partial charge is 0.508 e. The van der Waals surface area contributed by atoms with Crippen LogP contribution in [0.15, 0.2) is 46.2 Å². The number of hydrogen-bond acceptors (Lipinski definition) is 10. The summed E-state index contributed by atoms with van der Waals surface area (Å²) in [5, 5.41) is 46.2. The Hall–Kier alpha value is -4.78. The predicted octanol–water partition coefficient (Wildman–Crippen LogP) is -0.563. The minimum atomic E-state index is -2.64. The third-order valence-electron chi connectivity index (χ3n) is 7.39. The molecule has 2 aromatic rings. The van der Waals surface area contributed by atoms with E-state index in [2.05, 4.69) is 15.3 Å². The van der Waals surface area contributed by atoms with Crippen molar-refractivity contribution in [3.05, 3.63) is 74.2 Å². The van der Waals surface area contributed by atoms with Crippen LogP contribution in [0.4, 0.5) is 0 Å². The third kappa shape index (κ3) is 3.58. The number of carbonyl (C=O) groups is 4. The lowest BCUT2D eigenvalue weighted by Gasteiger charge is -2.46. The minimum absolute atomic E-state index is 0.0128. The number of benzene rings is 1. The summed E-state index contributed by atoms with van der Waals surface area (Å²) >= 11 is 0. The molecule has 13 heteroatoms. The molecule has 0 saturated heterocycles. The van der Waals surface area contributed by atoms with Crippen LogP contribution in [0.3, 0.4) is 0 Å². The molecule has 3 aliphatic rings. The zero-order chi connectivity index (χ0) is 27.5. The SMILES string of the molecule is NC(=O)C1=C(O)C2(O)C(=O)C3=C(O)c4c(O)ccc(CNC(=O)c5cc(=O)[nH]cn5)c4CC3CC2CC1=O. The summed E-state index contributed by atoms with van der Waals surface area (Å²) in [5.41, 5.74) is 1.63. The quantitative estimate of drug-likeness (QED) is 0.253. The molecule has 0 bridgehead atoms. The molecule has 1 saturated carbocycles. The Balaban J connectivity index is 1.54. The van der Waals surface area contributed by atoms with Crippen LogP contribution in [0, 0.1) is 11.8 Å². The number of ketones is 2. The fourth-order valence-corrected chi connectivity index (χ4v) is 5.61. The van der Waals surface area contributed by atoms with Crippen molar-refractivity contribution >= 4 is 29.1 Å². The van der Waals surface area contributed by atoms with E-state index in [0.29, 0.717) is 11.1 Å². The fourth-order valence-electron chi connectivity index (χ4n) is 5.61. The second-order valence-electron chi connectivity index (χ2n) is 9.48. The number of aromatic nitrogens is 2. The maximum atomic E-state index is 13.5. The van der Waals surface area contributed by atoms with Gasteiger partial charge in [-0.3, -0.25) is 24.0 Å². The van der Waals surface area contributed by atoms with E-state index in [1.165, 1.54) is 12.1 Å². The molecule has 8 N–H and O–H groups in total. The molecule has 2 amide bonds. The van der Waals surface area contributed by atoms with E-state index in [0.717, 1.165) is 12.4 Å². The molecule has 3 atom stereocenters. The van der Waals surface area contributed by atoms with E-state index in [4.69, 9.17) is 5.73 Å². The summed E-state index contributed by atoms with van der Waals surface area (Å²) in [6.07, 6.45) is 0.743. The number of carbonyl (C=O) groups excluding carboxylic acids is 4. The van der Waals surface area contributed by atoms with Crippen LogP contribution in [0.25, 0.3) is 5.76 Å². The molecular formula is C25H22N4O9. The zero-order valence-corrected chi connectivity index (χ0v) is 19.6. The smallest absolute Gasteiger partial charge is 0.270 e. The lowest BCUT2D eigenvalue weighted by molar-refractivity contribution is -0.147. The molecule has 0 aliphatic heterocycles. The molecule has 3 unspecified atom stereocenters. The van der Waals surface area contributed by atoms with Gasteiger partial charge in [0.1, 0.15) is 28.5 Å². The van der Waals surface area contributed by atoms with Crippen molar-refractivity contribution < 1.29 is 39.6 Å². The molecule has 1 aromatic carbocycles. The molecule has 1 aromatic heterocycles. The van der Waals surface area contributed by atoms with Gasteiger partial charge in [0.2, 0.25) is 5.78 Å². The average Bonchev–Trinajstić information content (AvgIpc) is 2.85. The van der Waals surface area contributed by atoms with Gasteiger partial charge >= 0.3 is 0 Å². The molecular weight excluding hydrogens is 500 g/mol. The summed E-state index contributed by atoms with van der Waals surface area (Å²) in [7, 11) is 0. The highest BCUT2D eigenvalue weighted by atomic mass is 16.3. The second kappa shape index (κ2) is 8.66. The lowest BCUT2D eigenvalue weighted by Crippen LogP contribution is -2.58. The number of nitrogens with one attached hydrogen (secondary N) is 2. The normalized spacial score (nSPS) is 24.4. The van der Waals surface area contributed by atoms with Crippen molar-refractivity contribution in [3.8, 4) is 5.75 Å². The highest BCUT2D eigenvalue weighted by molar-refractivity contribution is 6.22. The monoisotopic (exact) mass is 522 g/mol. The highest BCUT2D eigenvalue weighted by Gasteiger charge is 2.60. The van der Waals surface area contributed by atoms with Crippen molar-refractivity contribution in [3.63, 3.8) is 0 Å². The maximum absolute atomic E-state index is 13.5. The van der Waals surface area contributed by atoms with Crippen molar-refractivity contribution in [1.29, 1.82) is 0 Å². The number of amides is 2. The number of primary amides is 1. The van der Waals surface area contributed by atoms with E-state index in [9.17, 15) is 44.4 Å². The van der Waals surface area contributed by atoms with E-state index in [-0.39, 0.29) is 42.0 Å². The Labute approximate surface area is 213 Å². The first-order valence-electron chi connectivity index (χ1n) is 11.6. The molecule has 38 heavy (non-hydrogen) atoms. The van der Waals surface area contributed by atoms with Gasteiger partial charge < -0.3 is 36.5 Å². The van der Waals surface area contributed by atoms with Crippen molar-refractivity contribution in [2.45, 2.75) is 31.4 Å². The Kier molecular flexibility index (Phi) is 5.67. The van der Waals surface area contributed by atoms with Crippen molar-refractivity contribution in [2.24, 2.45) is 17.6 Å². The van der Waals surface area contributed by atoms with Crippen LogP contribution in [-0.4, -0.2) is 59.4 Å². The van der Waals surface area contributed by atoms with Gasteiger partial charge in [-0.05, 0) is 36.0 Å². The molecule has 0 spiro atoms. The van der Waals surface area contributed by atoms with Crippen LogP contribution < -0.4 is 16.6 Å². The molecule has 5 rings (SSSR count). The summed E-state index contributed by atoms with van der Waals surface area (Å²) in [5.74, 6) is -7.76. The number of aliphatic hydroxyl groups excluding tert-OH is 2. The number of phenols is 1. The number of aliphatic hydroxyl groups is 3. The van der Waals surface area contributed by atoms with Gasteiger partial charge in [-0.2, -0.15) is 0 Å². The summed E-state index contributed by atoms with van der Waals surface area (Å²) in [6, 6.07) is 3.81. The topological polar surface area (TPSA) is 233 Å². The van der Waals surface area contributed by atoms with Gasteiger partial charge in [-0.15, -0.1) is 0 Å². The Bertz CT molecular complexity index is 1570.